The fraction of sp³-hybridized carbons (Fsp3) is 0.278. The van der Waals surface area contributed by atoms with Crippen LogP contribution in [-0.4, -0.2) is 17.6 Å². The van der Waals surface area contributed by atoms with E-state index in [1.54, 1.807) is 6.07 Å². The molecule has 2 N–H and O–H groups in total. The maximum atomic E-state index is 11.2. The molecule has 2 aromatic carbocycles. The van der Waals surface area contributed by atoms with Crippen molar-refractivity contribution in [2.75, 3.05) is 11.9 Å². The van der Waals surface area contributed by atoms with Gasteiger partial charge in [0.15, 0.2) is 0 Å². The zero-order valence-corrected chi connectivity index (χ0v) is 12.5. The summed E-state index contributed by atoms with van der Waals surface area (Å²) in [6.07, 6.45) is 0.955. The Balaban J connectivity index is 1.97. The maximum Gasteiger partial charge on any atom is 0.337 e. The highest BCUT2D eigenvalue weighted by Crippen LogP contribution is 2.21. The van der Waals surface area contributed by atoms with Gasteiger partial charge < -0.3 is 10.4 Å². The normalized spacial score (nSPS) is 11.9. The Labute approximate surface area is 125 Å². The number of nitrogens with one attached hydrogen (secondary N) is 1. The topological polar surface area (TPSA) is 49.3 Å². The number of anilines is 1. The van der Waals surface area contributed by atoms with E-state index in [0.29, 0.717) is 17.2 Å². The third-order valence-electron chi connectivity index (χ3n) is 3.67. The molecule has 0 saturated heterocycles. The van der Waals surface area contributed by atoms with E-state index in [0.717, 1.165) is 18.5 Å². The first-order valence-corrected chi connectivity index (χ1v) is 7.20. The molecule has 0 heterocycles. The molecule has 0 aromatic heterocycles. The molecule has 1 unspecified atom stereocenters. The summed E-state index contributed by atoms with van der Waals surface area (Å²) in [7, 11) is 0. The van der Waals surface area contributed by atoms with E-state index in [4.69, 9.17) is 0 Å². The van der Waals surface area contributed by atoms with Gasteiger partial charge in [-0.05, 0) is 42.5 Å². The van der Waals surface area contributed by atoms with Crippen LogP contribution in [-0.2, 0) is 0 Å². The van der Waals surface area contributed by atoms with E-state index in [9.17, 15) is 9.90 Å². The Morgan fingerprint density at radius 1 is 1.19 bits per heavy atom. The molecule has 3 nitrogen and oxygen atoms in total. The lowest BCUT2D eigenvalue weighted by molar-refractivity contribution is 0.0698. The average Bonchev–Trinajstić information content (AvgIpc) is 2.48. The van der Waals surface area contributed by atoms with Gasteiger partial charge in [0, 0.05) is 12.2 Å². The summed E-state index contributed by atoms with van der Waals surface area (Å²) < 4.78 is 0. The third kappa shape index (κ3) is 4.09. The Kier molecular flexibility index (Phi) is 4.99. The highest BCUT2D eigenvalue weighted by atomic mass is 16.4. The minimum absolute atomic E-state index is 0.327. The molecule has 2 rings (SSSR count). The van der Waals surface area contributed by atoms with E-state index < -0.39 is 5.97 Å². The van der Waals surface area contributed by atoms with Crippen LogP contribution in [0.1, 0.15) is 40.7 Å². The van der Waals surface area contributed by atoms with Gasteiger partial charge in [0.1, 0.15) is 0 Å². The van der Waals surface area contributed by atoms with Gasteiger partial charge in [-0.3, -0.25) is 0 Å². The molecule has 0 radical (unpaired) electrons. The Morgan fingerprint density at radius 2 is 1.90 bits per heavy atom. The second kappa shape index (κ2) is 6.93. The molecule has 0 amide bonds. The van der Waals surface area contributed by atoms with Crippen molar-refractivity contribution in [1.29, 1.82) is 0 Å². The molecule has 2 aromatic rings. The molecule has 0 aliphatic heterocycles. The molecule has 0 bridgehead atoms. The number of carboxylic acids is 1. The first kappa shape index (κ1) is 15.1. The Bertz CT molecular complexity index is 608. The van der Waals surface area contributed by atoms with Crippen molar-refractivity contribution < 1.29 is 9.90 Å². The number of hydrogen-bond donors (Lipinski definition) is 2. The second-order valence-corrected chi connectivity index (χ2v) is 5.38. The average molecular weight is 283 g/mol. The number of carboxylic acid groups (broad SMARTS) is 1. The maximum absolute atomic E-state index is 11.2. The predicted molar refractivity (Wildman–Crippen MR) is 86.1 cm³/mol. The van der Waals surface area contributed by atoms with Gasteiger partial charge in [-0.15, -0.1) is 0 Å². The molecule has 21 heavy (non-hydrogen) atoms. The smallest absolute Gasteiger partial charge is 0.337 e. The molecule has 0 aliphatic carbocycles. The van der Waals surface area contributed by atoms with Gasteiger partial charge in [-0.25, -0.2) is 4.79 Å². The SMILES string of the molecule is Cc1ccc(C(=O)O)c(NCCC(C)c2ccccc2)c1. The van der Waals surface area contributed by atoms with Crippen LogP contribution in [0.5, 0.6) is 0 Å². The zero-order valence-electron chi connectivity index (χ0n) is 12.5. The lowest BCUT2D eigenvalue weighted by Crippen LogP contribution is -2.10. The fourth-order valence-corrected chi connectivity index (χ4v) is 2.36. The Hall–Kier alpha value is -2.29. The lowest BCUT2D eigenvalue weighted by Gasteiger charge is -2.14. The second-order valence-electron chi connectivity index (χ2n) is 5.38. The summed E-state index contributed by atoms with van der Waals surface area (Å²) in [6.45, 7) is 4.90. The molecular weight excluding hydrogens is 262 g/mol. The van der Waals surface area contributed by atoms with E-state index in [-0.39, 0.29) is 0 Å². The van der Waals surface area contributed by atoms with Gasteiger partial charge in [-0.2, -0.15) is 0 Å². The number of rotatable bonds is 6. The van der Waals surface area contributed by atoms with Crippen LogP contribution in [0.25, 0.3) is 0 Å². The van der Waals surface area contributed by atoms with Crippen LogP contribution in [0.15, 0.2) is 48.5 Å². The number of aryl methyl sites for hydroxylation is 1. The molecule has 0 aliphatic rings. The largest absolute Gasteiger partial charge is 0.478 e. The summed E-state index contributed by atoms with van der Waals surface area (Å²) in [6, 6.07) is 15.7. The first-order chi connectivity index (χ1) is 10.1. The summed E-state index contributed by atoms with van der Waals surface area (Å²) in [5.41, 5.74) is 3.39. The van der Waals surface area contributed by atoms with Crippen LogP contribution in [0.4, 0.5) is 5.69 Å². The minimum Gasteiger partial charge on any atom is -0.478 e. The van der Waals surface area contributed by atoms with Crippen molar-refractivity contribution in [3.05, 3.63) is 65.2 Å². The van der Waals surface area contributed by atoms with Crippen LogP contribution in [0.3, 0.4) is 0 Å². The molecule has 0 saturated carbocycles. The van der Waals surface area contributed by atoms with Gasteiger partial charge in [0.2, 0.25) is 0 Å². The van der Waals surface area contributed by atoms with Crippen molar-refractivity contribution >= 4 is 11.7 Å². The van der Waals surface area contributed by atoms with Crippen LogP contribution in [0.2, 0.25) is 0 Å². The monoisotopic (exact) mass is 283 g/mol. The molecule has 1 atom stereocenters. The van der Waals surface area contributed by atoms with Crippen LogP contribution >= 0.6 is 0 Å². The number of hydrogen-bond acceptors (Lipinski definition) is 2. The van der Waals surface area contributed by atoms with Crippen molar-refractivity contribution in [1.82, 2.24) is 0 Å². The first-order valence-electron chi connectivity index (χ1n) is 7.20. The number of carbonyl (C=O) groups is 1. The van der Waals surface area contributed by atoms with E-state index >= 15 is 0 Å². The van der Waals surface area contributed by atoms with Gasteiger partial charge in [0.05, 0.1) is 5.56 Å². The predicted octanol–water partition coefficient (Wildman–Crippen LogP) is 4.30. The summed E-state index contributed by atoms with van der Waals surface area (Å²) in [5, 5.41) is 12.5. The number of benzene rings is 2. The number of aromatic carboxylic acids is 1. The molecule has 0 spiro atoms. The highest BCUT2D eigenvalue weighted by molar-refractivity contribution is 5.94. The van der Waals surface area contributed by atoms with Crippen LogP contribution in [0, 0.1) is 6.92 Å². The summed E-state index contributed by atoms with van der Waals surface area (Å²) in [4.78, 5) is 11.2. The lowest BCUT2D eigenvalue weighted by atomic mass is 9.98. The van der Waals surface area contributed by atoms with Crippen LogP contribution < -0.4 is 5.32 Å². The Morgan fingerprint density at radius 3 is 2.57 bits per heavy atom. The van der Waals surface area contributed by atoms with Crippen molar-refractivity contribution in [3.8, 4) is 0 Å². The molecule has 3 heteroatoms. The highest BCUT2D eigenvalue weighted by Gasteiger charge is 2.10. The summed E-state index contributed by atoms with van der Waals surface area (Å²) >= 11 is 0. The molecule has 0 fully saturated rings. The standard InChI is InChI=1S/C18H21NO2/c1-13-8-9-16(18(20)21)17(12-13)19-11-10-14(2)15-6-4-3-5-7-15/h3-9,12,14,19H,10-11H2,1-2H3,(H,20,21). The van der Waals surface area contributed by atoms with E-state index in [1.165, 1.54) is 5.56 Å². The van der Waals surface area contributed by atoms with E-state index in [1.807, 2.05) is 37.3 Å². The van der Waals surface area contributed by atoms with Gasteiger partial charge in [-0.1, -0.05) is 43.3 Å². The van der Waals surface area contributed by atoms with Crippen molar-refractivity contribution in [2.24, 2.45) is 0 Å². The fourth-order valence-electron chi connectivity index (χ4n) is 2.36. The molecule has 110 valence electrons. The minimum atomic E-state index is -0.895. The quantitative estimate of drug-likeness (QED) is 0.831. The summed E-state index contributed by atoms with van der Waals surface area (Å²) in [5.74, 6) is -0.453. The zero-order chi connectivity index (χ0) is 15.2. The van der Waals surface area contributed by atoms with Gasteiger partial charge >= 0.3 is 5.97 Å². The van der Waals surface area contributed by atoms with E-state index in [2.05, 4.69) is 24.4 Å². The third-order valence-corrected chi connectivity index (χ3v) is 3.67. The molecular formula is C18H21NO2. The van der Waals surface area contributed by atoms with Gasteiger partial charge in [0.25, 0.3) is 0 Å². The van der Waals surface area contributed by atoms with Crippen molar-refractivity contribution in [2.45, 2.75) is 26.2 Å². The van der Waals surface area contributed by atoms with Crippen molar-refractivity contribution in [3.63, 3.8) is 0 Å².